The molecule has 1 nitrogen and oxygen atoms in total. The highest BCUT2D eigenvalue weighted by Gasteiger charge is 2.29. The first-order valence-electron chi connectivity index (χ1n) is 7.29. The Morgan fingerprint density at radius 1 is 1.26 bits per heavy atom. The Hall–Kier alpha value is -1.37. The standard InChI is InChI=1S/C18H26O/c1-4-5-6-8-11-16(2)18(3,15-19)14-17-12-9-7-10-13-17/h7-13,15-16H,4-6,14H2,1-3H3/b11-8+/t16-,18+/m0/s1. The first-order chi connectivity index (χ1) is 9.12. The molecule has 0 amide bonds. The van der Waals surface area contributed by atoms with Crippen molar-refractivity contribution in [1.82, 2.24) is 0 Å². The van der Waals surface area contributed by atoms with Crippen molar-refractivity contribution in [3.8, 4) is 0 Å². The van der Waals surface area contributed by atoms with Crippen molar-refractivity contribution < 1.29 is 4.79 Å². The maximum Gasteiger partial charge on any atom is 0.126 e. The van der Waals surface area contributed by atoms with E-state index in [1.807, 2.05) is 18.2 Å². The van der Waals surface area contributed by atoms with E-state index in [-0.39, 0.29) is 11.3 Å². The highest BCUT2D eigenvalue weighted by atomic mass is 16.1. The number of carbonyl (C=O) groups is 1. The molecule has 0 aliphatic rings. The second-order valence-corrected chi connectivity index (χ2v) is 5.65. The number of rotatable bonds is 8. The predicted octanol–water partition coefficient (Wildman–Crippen LogP) is 4.82. The van der Waals surface area contributed by atoms with Crippen molar-refractivity contribution in [2.75, 3.05) is 0 Å². The van der Waals surface area contributed by atoms with Crippen LogP contribution in [0.25, 0.3) is 0 Å². The first-order valence-corrected chi connectivity index (χ1v) is 7.29. The molecular formula is C18H26O. The number of hydrogen-bond acceptors (Lipinski definition) is 1. The molecule has 104 valence electrons. The van der Waals surface area contributed by atoms with Crippen LogP contribution in [0.5, 0.6) is 0 Å². The minimum atomic E-state index is -0.315. The van der Waals surface area contributed by atoms with Gasteiger partial charge < -0.3 is 4.79 Å². The van der Waals surface area contributed by atoms with Gasteiger partial charge in [0.05, 0.1) is 0 Å². The van der Waals surface area contributed by atoms with Crippen molar-refractivity contribution in [2.45, 2.75) is 46.5 Å². The summed E-state index contributed by atoms with van der Waals surface area (Å²) in [6, 6.07) is 10.3. The van der Waals surface area contributed by atoms with Gasteiger partial charge in [-0.1, -0.05) is 76.1 Å². The van der Waals surface area contributed by atoms with Gasteiger partial charge in [-0.15, -0.1) is 0 Å². The highest BCUT2D eigenvalue weighted by Crippen LogP contribution is 2.30. The summed E-state index contributed by atoms with van der Waals surface area (Å²) in [6.07, 6.45) is 9.90. The van der Waals surface area contributed by atoms with Crippen LogP contribution < -0.4 is 0 Å². The molecule has 0 saturated heterocycles. The molecule has 1 aromatic rings. The Labute approximate surface area is 117 Å². The fourth-order valence-electron chi connectivity index (χ4n) is 2.19. The molecule has 1 aromatic carbocycles. The van der Waals surface area contributed by atoms with E-state index < -0.39 is 0 Å². The monoisotopic (exact) mass is 258 g/mol. The molecule has 0 fully saturated rings. The zero-order chi connectivity index (χ0) is 14.1. The van der Waals surface area contributed by atoms with Gasteiger partial charge in [0.2, 0.25) is 0 Å². The summed E-state index contributed by atoms with van der Waals surface area (Å²) in [7, 11) is 0. The van der Waals surface area contributed by atoms with Crippen LogP contribution in [0.3, 0.4) is 0 Å². The molecule has 0 aromatic heterocycles. The van der Waals surface area contributed by atoms with E-state index >= 15 is 0 Å². The van der Waals surface area contributed by atoms with E-state index in [0.29, 0.717) is 0 Å². The van der Waals surface area contributed by atoms with Gasteiger partial charge in [-0.25, -0.2) is 0 Å². The van der Waals surface area contributed by atoms with E-state index in [4.69, 9.17) is 0 Å². The summed E-state index contributed by atoms with van der Waals surface area (Å²) in [5.74, 6) is 0.266. The molecule has 0 unspecified atom stereocenters. The molecule has 0 heterocycles. The Morgan fingerprint density at radius 3 is 2.53 bits per heavy atom. The van der Waals surface area contributed by atoms with E-state index in [1.54, 1.807) is 0 Å². The maximum absolute atomic E-state index is 11.5. The van der Waals surface area contributed by atoms with Crippen molar-refractivity contribution in [3.63, 3.8) is 0 Å². The van der Waals surface area contributed by atoms with Gasteiger partial charge in [0, 0.05) is 5.41 Å². The van der Waals surface area contributed by atoms with E-state index in [1.165, 1.54) is 18.4 Å². The van der Waals surface area contributed by atoms with Gasteiger partial charge >= 0.3 is 0 Å². The molecule has 19 heavy (non-hydrogen) atoms. The fourth-order valence-corrected chi connectivity index (χ4v) is 2.19. The van der Waals surface area contributed by atoms with Crippen LogP contribution in [0.2, 0.25) is 0 Å². The van der Waals surface area contributed by atoms with E-state index in [0.717, 1.165) is 19.1 Å². The number of allylic oxidation sites excluding steroid dienone is 2. The molecule has 0 spiro atoms. The van der Waals surface area contributed by atoms with Crippen molar-refractivity contribution >= 4 is 6.29 Å². The Balaban J connectivity index is 2.68. The third-order valence-corrected chi connectivity index (χ3v) is 3.89. The number of unbranched alkanes of at least 4 members (excludes halogenated alkanes) is 2. The Kier molecular flexibility index (Phi) is 6.55. The summed E-state index contributed by atoms with van der Waals surface area (Å²) in [5, 5.41) is 0. The summed E-state index contributed by atoms with van der Waals surface area (Å²) >= 11 is 0. The van der Waals surface area contributed by atoms with Gasteiger partial charge in [-0.05, 0) is 24.3 Å². The van der Waals surface area contributed by atoms with Crippen LogP contribution in [0.1, 0.15) is 45.6 Å². The Morgan fingerprint density at radius 2 is 1.95 bits per heavy atom. The third kappa shape index (κ3) is 5.02. The van der Waals surface area contributed by atoms with Crippen LogP contribution in [-0.2, 0) is 11.2 Å². The molecule has 0 N–H and O–H groups in total. The predicted molar refractivity (Wildman–Crippen MR) is 82.1 cm³/mol. The van der Waals surface area contributed by atoms with Crippen LogP contribution >= 0.6 is 0 Å². The van der Waals surface area contributed by atoms with E-state index in [2.05, 4.69) is 45.1 Å². The average molecular weight is 258 g/mol. The van der Waals surface area contributed by atoms with Gasteiger partial charge in [0.25, 0.3) is 0 Å². The average Bonchev–Trinajstić information content (AvgIpc) is 2.44. The molecule has 0 aliphatic heterocycles. The van der Waals surface area contributed by atoms with Gasteiger partial charge in [0.1, 0.15) is 6.29 Å². The first kappa shape index (κ1) is 15.7. The topological polar surface area (TPSA) is 17.1 Å². The molecule has 0 radical (unpaired) electrons. The number of hydrogen-bond donors (Lipinski definition) is 0. The lowest BCUT2D eigenvalue weighted by Crippen LogP contribution is -2.28. The van der Waals surface area contributed by atoms with Gasteiger partial charge in [-0.3, -0.25) is 0 Å². The molecule has 1 heteroatoms. The minimum absolute atomic E-state index is 0.266. The van der Waals surface area contributed by atoms with Crippen molar-refractivity contribution in [2.24, 2.45) is 11.3 Å². The van der Waals surface area contributed by atoms with Crippen LogP contribution in [0, 0.1) is 11.3 Å². The number of aldehydes is 1. The van der Waals surface area contributed by atoms with Crippen LogP contribution in [-0.4, -0.2) is 6.29 Å². The minimum Gasteiger partial charge on any atom is -0.303 e. The molecule has 0 bridgehead atoms. The SMILES string of the molecule is CCCC/C=C/[C@H](C)[C@@](C)(C=O)Cc1ccccc1. The summed E-state index contributed by atoms with van der Waals surface area (Å²) < 4.78 is 0. The van der Waals surface area contributed by atoms with Gasteiger partial charge in [0.15, 0.2) is 0 Å². The van der Waals surface area contributed by atoms with Crippen molar-refractivity contribution in [1.29, 1.82) is 0 Å². The molecule has 2 atom stereocenters. The fraction of sp³-hybridized carbons (Fsp3) is 0.500. The lowest BCUT2D eigenvalue weighted by Gasteiger charge is -2.28. The summed E-state index contributed by atoms with van der Waals surface area (Å²) in [5.41, 5.74) is 0.912. The number of carbonyl (C=O) groups excluding carboxylic acids is 1. The third-order valence-electron chi connectivity index (χ3n) is 3.89. The number of benzene rings is 1. The lowest BCUT2D eigenvalue weighted by atomic mass is 9.74. The molecule has 1 rings (SSSR count). The normalized spacial score (nSPS) is 16.2. The summed E-state index contributed by atoms with van der Waals surface area (Å²) in [6.45, 7) is 6.39. The lowest BCUT2D eigenvalue weighted by molar-refractivity contribution is -0.116. The van der Waals surface area contributed by atoms with Crippen LogP contribution in [0.15, 0.2) is 42.5 Å². The quantitative estimate of drug-likeness (QED) is 0.371. The molecule has 0 saturated carbocycles. The summed E-state index contributed by atoms with van der Waals surface area (Å²) in [4.78, 5) is 11.5. The zero-order valence-electron chi connectivity index (χ0n) is 12.4. The van der Waals surface area contributed by atoms with Gasteiger partial charge in [-0.2, -0.15) is 0 Å². The van der Waals surface area contributed by atoms with Crippen LogP contribution in [0.4, 0.5) is 0 Å². The zero-order valence-corrected chi connectivity index (χ0v) is 12.4. The largest absolute Gasteiger partial charge is 0.303 e. The van der Waals surface area contributed by atoms with Crippen molar-refractivity contribution in [3.05, 3.63) is 48.0 Å². The molecule has 0 aliphatic carbocycles. The smallest absolute Gasteiger partial charge is 0.126 e. The maximum atomic E-state index is 11.5. The van der Waals surface area contributed by atoms with E-state index in [9.17, 15) is 4.79 Å². The highest BCUT2D eigenvalue weighted by molar-refractivity contribution is 5.60. The molecular weight excluding hydrogens is 232 g/mol. The Bertz CT molecular complexity index is 393. The second kappa shape index (κ2) is 7.93. The second-order valence-electron chi connectivity index (χ2n) is 5.65.